The lowest BCUT2D eigenvalue weighted by atomic mass is 9.82. The number of fused-ring (bicyclic) bond motifs is 1. The third kappa shape index (κ3) is 3.29. The molecule has 6 heteroatoms. The number of para-hydroxylation sites is 1. The smallest absolute Gasteiger partial charge is 0.244 e. The summed E-state index contributed by atoms with van der Waals surface area (Å²) in [5.74, 6) is 0.695. The van der Waals surface area contributed by atoms with Crippen molar-refractivity contribution in [2.45, 2.75) is 39.7 Å². The van der Waals surface area contributed by atoms with Crippen LogP contribution in [0, 0.1) is 25.2 Å². The van der Waals surface area contributed by atoms with E-state index in [1.165, 1.54) is 5.56 Å². The van der Waals surface area contributed by atoms with Gasteiger partial charge in [-0.3, -0.25) is 5.10 Å². The van der Waals surface area contributed by atoms with Crippen molar-refractivity contribution in [1.82, 2.24) is 10.2 Å². The number of nitrogens with zero attached hydrogens (tertiary/aromatic N) is 2. The Morgan fingerprint density at radius 1 is 1.20 bits per heavy atom. The third-order valence-electron chi connectivity index (χ3n) is 5.18. The number of nitrogens with one attached hydrogen (secondary N) is 1. The van der Waals surface area contributed by atoms with Crippen LogP contribution in [0.3, 0.4) is 0 Å². The summed E-state index contributed by atoms with van der Waals surface area (Å²) in [6.07, 6.45) is -0.0134. The van der Waals surface area contributed by atoms with Gasteiger partial charge in [-0.15, -0.1) is 5.10 Å². The Bertz CT molecular complexity index is 1180. The van der Waals surface area contributed by atoms with Gasteiger partial charge in [0.25, 0.3) is 0 Å². The van der Waals surface area contributed by atoms with Gasteiger partial charge in [0.05, 0.1) is 23.3 Å². The molecule has 1 aliphatic heterocycles. The molecule has 152 valence electrons. The van der Waals surface area contributed by atoms with Gasteiger partial charge in [-0.2, -0.15) is 5.26 Å². The van der Waals surface area contributed by atoms with Crippen molar-refractivity contribution in [3.05, 3.63) is 76.2 Å². The summed E-state index contributed by atoms with van der Waals surface area (Å²) in [7, 11) is 0. The molecule has 3 aromatic rings. The van der Waals surface area contributed by atoms with Crippen molar-refractivity contribution >= 4 is 0 Å². The molecule has 0 saturated carbocycles. The summed E-state index contributed by atoms with van der Waals surface area (Å²) >= 11 is 0. The van der Waals surface area contributed by atoms with E-state index >= 15 is 0 Å². The molecule has 0 bridgehead atoms. The number of hydrogen-bond donors (Lipinski definition) is 2. The second kappa shape index (κ2) is 7.60. The van der Waals surface area contributed by atoms with Crippen molar-refractivity contribution in [3.8, 4) is 29.0 Å². The molecule has 0 fully saturated rings. The lowest BCUT2D eigenvalue weighted by Gasteiger charge is -2.26. The van der Waals surface area contributed by atoms with Crippen LogP contribution >= 0.6 is 0 Å². The Balaban J connectivity index is 1.97. The first-order valence-corrected chi connectivity index (χ1v) is 9.89. The molecule has 2 aromatic carbocycles. The van der Waals surface area contributed by atoms with Crippen molar-refractivity contribution in [2.24, 2.45) is 5.73 Å². The molecule has 1 aromatic heterocycles. The van der Waals surface area contributed by atoms with Crippen LogP contribution in [-0.4, -0.2) is 16.3 Å². The van der Waals surface area contributed by atoms with E-state index in [1.807, 2.05) is 38.1 Å². The molecule has 3 N–H and O–H groups in total. The number of ether oxygens (including phenoxy) is 2. The van der Waals surface area contributed by atoms with Gasteiger partial charge in [-0.25, -0.2) is 0 Å². The maximum absolute atomic E-state index is 9.94. The zero-order valence-corrected chi connectivity index (χ0v) is 17.5. The van der Waals surface area contributed by atoms with Crippen LogP contribution in [-0.2, 0) is 0 Å². The number of H-pyrrole nitrogens is 1. The number of aromatic nitrogens is 2. The Hall–Kier alpha value is -3.72. The monoisotopic (exact) mass is 400 g/mol. The predicted molar refractivity (Wildman–Crippen MR) is 115 cm³/mol. The number of hydrogen-bond acceptors (Lipinski definition) is 5. The summed E-state index contributed by atoms with van der Waals surface area (Å²) in [5.41, 5.74) is 12.2. The fourth-order valence-corrected chi connectivity index (χ4v) is 3.94. The molecule has 30 heavy (non-hydrogen) atoms. The summed E-state index contributed by atoms with van der Waals surface area (Å²) in [4.78, 5) is 0. The summed E-state index contributed by atoms with van der Waals surface area (Å²) in [6.45, 7) is 8.06. The molecule has 0 saturated heterocycles. The second-order valence-electron chi connectivity index (χ2n) is 7.77. The van der Waals surface area contributed by atoms with Gasteiger partial charge in [0.2, 0.25) is 11.8 Å². The molecule has 4 rings (SSSR count). The summed E-state index contributed by atoms with van der Waals surface area (Å²) in [6, 6.07) is 16.2. The molecule has 0 amide bonds. The Labute approximate surface area is 175 Å². The lowest BCUT2D eigenvalue weighted by Crippen LogP contribution is -2.21. The zero-order valence-electron chi connectivity index (χ0n) is 17.5. The molecule has 0 radical (unpaired) electrons. The van der Waals surface area contributed by atoms with Gasteiger partial charge in [0.15, 0.2) is 0 Å². The number of allylic oxidation sites excluding steroid dienone is 1. The number of aryl methyl sites for hydroxylation is 2. The van der Waals surface area contributed by atoms with Gasteiger partial charge in [-0.05, 0) is 39.3 Å². The molecule has 0 spiro atoms. The van der Waals surface area contributed by atoms with E-state index in [0.717, 1.165) is 27.9 Å². The van der Waals surface area contributed by atoms with Gasteiger partial charge in [-0.1, -0.05) is 42.0 Å². The van der Waals surface area contributed by atoms with E-state index in [2.05, 4.69) is 48.3 Å². The zero-order chi connectivity index (χ0) is 21.4. The fraction of sp³-hybridized carbons (Fsp3) is 0.250. The number of nitriles is 1. The van der Waals surface area contributed by atoms with Crippen molar-refractivity contribution in [2.75, 3.05) is 0 Å². The first-order chi connectivity index (χ1) is 14.4. The molecule has 0 aliphatic carbocycles. The molecular weight excluding hydrogens is 376 g/mol. The molecule has 1 atom stereocenters. The lowest BCUT2D eigenvalue weighted by molar-refractivity contribution is 0.239. The van der Waals surface area contributed by atoms with E-state index in [1.54, 1.807) is 0 Å². The van der Waals surface area contributed by atoms with E-state index < -0.39 is 5.92 Å². The highest BCUT2D eigenvalue weighted by molar-refractivity contribution is 5.74. The van der Waals surface area contributed by atoms with Crippen LogP contribution in [0.4, 0.5) is 0 Å². The quantitative estimate of drug-likeness (QED) is 0.662. The maximum atomic E-state index is 9.94. The van der Waals surface area contributed by atoms with Crippen LogP contribution < -0.4 is 15.2 Å². The van der Waals surface area contributed by atoms with E-state index in [9.17, 15) is 5.26 Å². The largest absolute Gasteiger partial charge is 0.491 e. The number of nitrogens with two attached hydrogens (primary N) is 1. The molecule has 1 aliphatic rings. The van der Waals surface area contributed by atoms with Crippen LogP contribution in [0.25, 0.3) is 11.3 Å². The van der Waals surface area contributed by atoms with Crippen molar-refractivity contribution in [1.29, 1.82) is 5.26 Å². The number of rotatable bonds is 4. The topological polar surface area (TPSA) is 97.0 Å². The molecule has 0 unspecified atom stereocenters. The van der Waals surface area contributed by atoms with Crippen molar-refractivity contribution < 1.29 is 9.47 Å². The third-order valence-corrected chi connectivity index (χ3v) is 5.18. The number of aromatic amines is 1. The maximum Gasteiger partial charge on any atom is 0.244 e. The van der Waals surface area contributed by atoms with Crippen LogP contribution in [0.5, 0.6) is 11.6 Å². The highest BCUT2D eigenvalue weighted by atomic mass is 16.5. The molecule has 6 nitrogen and oxygen atoms in total. The average Bonchev–Trinajstić information content (AvgIpc) is 3.10. The van der Waals surface area contributed by atoms with Gasteiger partial charge in [0, 0.05) is 11.1 Å². The standard InChI is InChI=1S/C24H24N4O2/c1-13(2)29-19-8-6-5-7-17(19)20-18(12-25)23(26)30-24-21(20)22(27-28-24)16-10-9-14(3)11-15(16)4/h5-11,13,20H,26H2,1-4H3,(H,27,28)/t20-/m0/s1. The normalized spacial score (nSPS) is 15.5. The minimum Gasteiger partial charge on any atom is -0.491 e. The second-order valence-corrected chi connectivity index (χ2v) is 7.77. The first kappa shape index (κ1) is 19.6. The number of benzene rings is 2. The van der Waals surface area contributed by atoms with Gasteiger partial charge in [0.1, 0.15) is 17.4 Å². The molecular formula is C24H24N4O2. The van der Waals surface area contributed by atoms with E-state index in [-0.39, 0.29) is 12.0 Å². The SMILES string of the molecule is Cc1ccc(-c2[nH]nc3c2[C@@H](c2ccccc2OC(C)C)C(C#N)=C(N)O3)c(C)c1. The van der Waals surface area contributed by atoms with Crippen molar-refractivity contribution in [3.63, 3.8) is 0 Å². The highest BCUT2D eigenvalue weighted by Crippen LogP contribution is 2.48. The Morgan fingerprint density at radius 2 is 1.97 bits per heavy atom. The predicted octanol–water partition coefficient (Wildman–Crippen LogP) is 4.70. The first-order valence-electron chi connectivity index (χ1n) is 9.89. The van der Waals surface area contributed by atoms with Crippen LogP contribution in [0.15, 0.2) is 53.9 Å². The molecule has 2 heterocycles. The fourth-order valence-electron chi connectivity index (χ4n) is 3.94. The Kier molecular flexibility index (Phi) is 4.96. The van der Waals surface area contributed by atoms with Crippen LogP contribution in [0.2, 0.25) is 0 Å². The highest BCUT2D eigenvalue weighted by Gasteiger charge is 2.37. The van der Waals surface area contributed by atoms with E-state index in [4.69, 9.17) is 15.2 Å². The van der Waals surface area contributed by atoms with Gasteiger partial charge < -0.3 is 15.2 Å². The minimum atomic E-state index is -0.455. The Morgan fingerprint density at radius 3 is 2.67 bits per heavy atom. The van der Waals surface area contributed by atoms with Gasteiger partial charge >= 0.3 is 0 Å². The van der Waals surface area contributed by atoms with Crippen LogP contribution in [0.1, 0.15) is 42.0 Å². The summed E-state index contributed by atoms with van der Waals surface area (Å²) < 4.78 is 11.8. The summed E-state index contributed by atoms with van der Waals surface area (Å²) in [5, 5.41) is 17.4. The van der Waals surface area contributed by atoms with E-state index in [0.29, 0.717) is 17.2 Å². The minimum absolute atomic E-state index is 0.0134. The average molecular weight is 400 g/mol.